The standard InChI is InChI=1S/C19H20F3N3O3/c1-4-17(26)25-16-9-14(7-12(3)24-16)18(27)23-10-13-5-11(2)6-15(8-13)28-19(20,21)22/h5-9H,4,10H2,1-3H3,(H,23,27)(H,24,25,26). The van der Waals surface area contributed by atoms with Gasteiger partial charge < -0.3 is 15.4 Å². The van der Waals surface area contributed by atoms with Crippen molar-refractivity contribution in [2.75, 3.05) is 5.32 Å². The minimum Gasteiger partial charge on any atom is -0.406 e. The highest BCUT2D eigenvalue weighted by atomic mass is 19.4. The van der Waals surface area contributed by atoms with E-state index in [1.807, 2.05) is 0 Å². The van der Waals surface area contributed by atoms with Crippen LogP contribution < -0.4 is 15.4 Å². The Labute approximate surface area is 160 Å². The average Bonchev–Trinajstić information content (AvgIpc) is 2.57. The summed E-state index contributed by atoms with van der Waals surface area (Å²) in [6, 6.07) is 7.10. The molecule has 0 fully saturated rings. The number of halogens is 3. The summed E-state index contributed by atoms with van der Waals surface area (Å²) >= 11 is 0. The molecule has 9 heteroatoms. The van der Waals surface area contributed by atoms with Gasteiger partial charge in [-0.05, 0) is 49.2 Å². The van der Waals surface area contributed by atoms with E-state index in [0.717, 1.165) is 0 Å². The lowest BCUT2D eigenvalue weighted by Crippen LogP contribution is -2.24. The number of ether oxygens (including phenoxy) is 1. The molecule has 0 atom stereocenters. The summed E-state index contributed by atoms with van der Waals surface area (Å²) in [5.41, 5.74) is 1.84. The molecule has 2 N–H and O–H groups in total. The predicted octanol–water partition coefficient (Wildman–Crippen LogP) is 3.88. The number of pyridine rings is 1. The van der Waals surface area contributed by atoms with Crippen molar-refractivity contribution in [3.63, 3.8) is 0 Å². The minimum absolute atomic E-state index is 0.00670. The van der Waals surface area contributed by atoms with E-state index in [4.69, 9.17) is 0 Å². The first-order valence-corrected chi connectivity index (χ1v) is 8.49. The molecule has 2 rings (SSSR count). The van der Waals surface area contributed by atoms with Gasteiger partial charge in [0.25, 0.3) is 5.91 Å². The van der Waals surface area contributed by atoms with E-state index in [0.29, 0.717) is 16.8 Å². The molecule has 6 nitrogen and oxygen atoms in total. The molecule has 28 heavy (non-hydrogen) atoms. The second-order valence-corrected chi connectivity index (χ2v) is 6.17. The van der Waals surface area contributed by atoms with E-state index in [1.54, 1.807) is 32.9 Å². The zero-order valence-electron chi connectivity index (χ0n) is 15.6. The highest BCUT2D eigenvalue weighted by Crippen LogP contribution is 2.25. The molecule has 1 aromatic heterocycles. The molecular weight excluding hydrogens is 375 g/mol. The van der Waals surface area contributed by atoms with Gasteiger partial charge in [-0.25, -0.2) is 4.98 Å². The summed E-state index contributed by atoms with van der Waals surface area (Å²) in [5.74, 6) is -0.770. The number of hydrogen-bond acceptors (Lipinski definition) is 4. The largest absolute Gasteiger partial charge is 0.573 e. The van der Waals surface area contributed by atoms with Crippen molar-refractivity contribution in [3.8, 4) is 5.75 Å². The van der Waals surface area contributed by atoms with Crippen molar-refractivity contribution in [2.24, 2.45) is 0 Å². The molecule has 0 bridgehead atoms. The molecule has 0 saturated heterocycles. The number of carbonyl (C=O) groups excluding carboxylic acids is 2. The normalized spacial score (nSPS) is 11.1. The van der Waals surface area contributed by atoms with Crippen LogP contribution in [0.25, 0.3) is 0 Å². The van der Waals surface area contributed by atoms with Crippen molar-refractivity contribution in [1.29, 1.82) is 0 Å². The fourth-order valence-electron chi connectivity index (χ4n) is 2.50. The van der Waals surface area contributed by atoms with Crippen molar-refractivity contribution < 1.29 is 27.5 Å². The van der Waals surface area contributed by atoms with Crippen LogP contribution in [-0.4, -0.2) is 23.2 Å². The lowest BCUT2D eigenvalue weighted by atomic mass is 10.1. The molecule has 0 unspecified atom stereocenters. The number of amides is 2. The monoisotopic (exact) mass is 395 g/mol. The van der Waals surface area contributed by atoms with Crippen LogP contribution in [0.4, 0.5) is 19.0 Å². The smallest absolute Gasteiger partial charge is 0.406 e. The number of nitrogens with zero attached hydrogens (tertiary/aromatic N) is 1. The summed E-state index contributed by atoms with van der Waals surface area (Å²) in [4.78, 5) is 28.1. The Morgan fingerprint density at radius 3 is 2.46 bits per heavy atom. The van der Waals surface area contributed by atoms with E-state index in [2.05, 4.69) is 20.4 Å². The summed E-state index contributed by atoms with van der Waals surface area (Å²) in [6.45, 7) is 5.01. The highest BCUT2D eigenvalue weighted by Gasteiger charge is 2.31. The minimum atomic E-state index is -4.79. The zero-order valence-corrected chi connectivity index (χ0v) is 15.6. The van der Waals surface area contributed by atoms with Gasteiger partial charge in [0.05, 0.1) is 0 Å². The van der Waals surface area contributed by atoms with E-state index in [-0.39, 0.29) is 36.0 Å². The second kappa shape index (κ2) is 8.73. The Morgan fingerprint density at radius 1 is 1.11 bits per heavy atom. The molecule has 2 aromatic rings. The van der Waals surface area contributed by atoms with Crippen molar-refractivity contribution >= 4 is 17.6 Å². The van der Waals surface area contributed by atoms with Gasteiger partial charge in [-0.15, -0.1) is 13.2 Å². The number of aryl methyl sites for hydroxylation is 2. The maximum absolute atomic E-state index is 12.4. The van der Waals surface area contributed by atoms with Gasteiger partial charge in [-0.2, -0.15) is 0 Å². The molecule has 150 valence electrons. The molecule has 1 heterocycles. The third-order valence-corrected chi connectivity index (χ3v) is 3.60. The van der Waals surface area contributed by atoms with Crippen LogP contribution in [0, 0.1) is 13.8 Å². The van der Waals surface area contributed by atoms with Gasteiger partial charge in [-0.3, -0.25) is 9.59 Å². The Balaban J connectivity index is 2.11. The number of carbonyl (C=O) groups is 2. The van der Waals surface area contributed by atoms with E-state index in [9.17, 15) is 22.8 Å². The van der Waals surface area contributed by atoms with Crippen LogP contribution in [0.2, 0.25) is 0 Å². The quantitative estimate of drug-likeness (QED) is 0.778. The van der Waals surface area contributed by atoms with Crippen LogP contribution in [0.1, 0.15) is 40.5 Å². The average molecular weight is 395 g/mol. The van der Waals surface area contributed by atoms with E-state index < -0.39 is 12.3 Å². The first-order chi connectivity index (χ1) is 13.1. The first kappa shape index (κ1) is 21.2. The highest BCUT2D eigenvalue weighted by molar-refractivity contribution is 5.96. The summed E-state index contributed by atoms with van der Waals surface area (Å²) in [5, 5.41) is 5.22. The van der Waals surface area contributed by atoms with Gasteiger partial charge in [0, 0.05) is 24.2 Å². The Bertz CT molecular complexity index is 882. The number of alkyl halides is 3. The number of hydrogen-bond donors (Lipinski definition) is 2. The topological polar surface area (TPSA) is 80.3 Å². The first-order valence-electron chi connectivity index (χ1n) is 8.49. The fraction of sp³-hybridized carbons (Fsp3) is 0.316. The molecule has 2 amide bonds. The summed E-state index contributed by atoms with van der Waals surface area (Å²) in [7, 11) is 0. The maximum atomic E-state index is 12.4. The number of anilines is 1. The molecule has 1 aromatic carbocycles. The van der Waals surface area contributed by atoms with Crippen LogP contribution in [0.15, 0.2) is 30.3 Å². The lowest BCUT2D eigenvalue weighted by molar-refractivity contribution is -0.274. The number of aromatic nitrogens is 1. The van der Waals surface area contributed by atoms with Gasteiger partial charge in [0.15, 0.2) is 0 Å². The van der Waals surface area contributed by atoms with Crippen LogP contribution in [0.5, 0.6) is 5.75 Å². The second-order valence-electron chi connectivity index (χ2n) is 6.17. The van der Waals surface area contributed by atoms with Gasteiger partial charge >= 0.3 is 6.36 Å². The zero-order chi connectivity index (χ0) is 20.9. The third-order valence-electron chi connectivity index (χ3n) is 3.60. The molecule has 0 aliphatic rings. The molecule has 0 radical (unpaired) electrons. The third kappa shape index (κ3) is 6.57. The molecule has 0 aliphatic heterocycles. The molecule has 0 spiro atoms. The number of benzene rings is 1. The van der Waals surface area contributed by atoms with Gasteiger partial charge in [0.2, 0.25) is 5.91 Å². The predicted molar refractivity (Wildman–Crippen MR) is 96.9 cm³/mol. The van der Waals surface area contributed by atoms with Crippen LogP contribution >= 0.6 is 0 Å². The lowest BCUT2D eigenvalue weighted by Gasteiger charge is -2.12. The van der Waals surface area contributed by atoms with Crippen LogP contribution in [0.3, 0.4) is 0 Å². The van der Waals surface area contributed by atoms with Crippen molar-refractivity contribution in [2.45, 2.75) is 40.1 Å². The Morgan fingerprint density at radius 2 is 1.82 bits per heavy atom. The summed E-state index contributed by atoms with van der Waals surface area (Å²) < 4.78 is 41.1. The van der Waals surface area contributed by atoms with Crippen molar-refractivity contribution in [3.05, 3.63) is 52.7 Å². The van der Waals surface area contributed by atoms with Crippen molar-refractivity contribution in [1.82, 2.24) is 10.3 Å². The molecular formula is C19H20F3N3O3. The number of nitrogens with one attached hydrogen (secondary N) is 2. The summed E-state index contributed by atoms with van der Waals surface area (Å²) in [6.07, 6.45) is -4.52. The molecule has 0 saturated carbocycles. The fourth-order valence-corrected chi connectivity index (χ4v) is 2.50. The maximum Gasteiger partial charge on any atom is 0.573 e. The Hall–Kier alpha value is -3.10. The Kier molecular flexibility index (Phi) is 6.61. The van der Waals surface area contributed by atoms with Gasteiger partial charge in [-0.1, -0.05) is 13.0 Å². The SMILES string of the molecule is CCC(=O)Nc1cc(C(=O)NCc2cc(C)cc(OC(F)(F)F)c2)cc(C)n1. The number of rotatable bonds is 6. The molecule has 0 aliphatic carbocycles. The van der Waals surface area contributed by atoms with E-state index in [1.165, 1.54) is 18.2 Å². The van der Waals surface area contributed by atoms with E-state index >= 15 is 0 Å². The van der Waals surface area contributed by atoms with Gasteiger partial charge in [0.1, 0.15) is 11.6 Å². The van der Waals surface area contributed by atoms with Crippen LogP contribution in [-0.2, 0) is 11.3 Å².